The maximum Gasteiger partial charge on any atom is 0.417 e. The molecule has 2 aromatic heterocycles. The molecule has 3 rings (SSSR count). The van der Waals surface area contributed by atoms with Crippen molar-refractivity contribution in [2.45, 2.75) is 13.1 Å². The number of benzene rings is 1. The minimum atomic E-state index is -4.37. The first-order valence-corrected chi connectivity index (χ1v) is 6.26. The average Bonchev–Trinajstić information content (AvgIpc) is 2.92. The summed E-state index contributed by atoms with van der Waals surface area (Å²) in [6.07, 6.45) is -2.99. The van der Waals surface area contributed by atoms with Gasteiger partial charge in [-0.25, -0.2) is 9.50 Å². The lowest BCUT2D eigenvalue weighted by Gasteiger charge is -2.11. The van der Waals surface area contributed by atoms with Gasteiger partial charge < -0.3 is 0 Å². The Morgan fingerprint density at radius 2 is 1.95 bits per heavy atom. The van der Waals surface area contributed by atoms with E-state index >= 15 is 0 Å². The molecule has 98 valence electrons. The molecule has 0 N–H and O–H groups in total. The van der Waals surface area contributed by atoms with E-state index in [0.717, 1.165) is 6.07 Å². The van der Waals surface area contributed by atoms with Crippen LogP contribution in [0.4, 0.5) is 13.2 Å². The minimum Gasteiger partial charge on any atom is -0.208 e. The summed E-state index contributed by atoms with van der Waals surface area (Å²) in [6.45, 7) is 1.74. The van der Waals surface area contributed by atoms with E-state index in [0.29, 0.717) is 15.5 Å². The lowest BCUT2D eigenvalue weighted by Crippen LogP contribution is -2.06. The van der Waals surface area contributed by atoms with Crippen LogP contribution in [0.25, 0.3) is 15.4 Å². The van der Waals surface area contributed by atoms with E-state index in [1.807, 2.05) is 0 Å². The van der Waals surface area contributed by atoms with Crippen LogP contribution < -0.4 is 0 Å². The molecule has 0 saturated carbocycles. The summed E-state index contributed by atoms with van der Waals surface area (Å²) in [5, 5.41) is 3.99. The Morgan fingerprint density at radius 1 is 1.21 bits per heavy atom. The van der Waals surface area contributed by atoms with E-state index < -0.39 is 11.7 Å². The number of hydrogen-bond donors (Lipinski definition) is 0. The maximum atomic E-state index is 13.0. The van der Waals surface area contributed by atoms with Gasteiger partial charge in [0.15, 0.2) is 0 Å². The van der Waals surface area contributed by atoms with Crippen molar-refractivity contribution in [3.8, 4) is 10.4 Å². The third-order valence-electron chi connectivity index (χ3n) is 2.83. The van der Waals surface area contributed by atoms with Crippen molar-refractivity contribution in [1.29, 1.82) is 0 Å². The van der Waals surface area contributed by atoms with Gasteiger partial charge in [-0.1, -0.05) is 29.5 Å². The fourth-order valence-electron chi connectivity index (χ4n) is 1.97. The third-order valence-corrected chi connectivity index (χ3v) is 4.01. The lowest BCUT2D eigenvalue weighted by molar-refractivity contribution is -0.137. The fraction of sp³-hybridized carbons (Fsp3) is 0.167. The molecule has 0 bridgehead atoms. The monoisotopic (exact) mass is 283 g/mol. The number of aryl methyl sites for hydroxylation is 1. The number of hydrogen-bond acceptors (Lipinski definition) is 3. The molecule has 3 aromatic rings. The number of rotatable bonds is 1. The number of aromatic nitrogens is 3. The van der Waals surface area contributed by atoms with Crippen LogP contribution in [0, 0.1) is 6.92 Å². The minimum absolute atomic E-state index is 0.171. The van der Waals surface area contributed by atoms with Crippen molar-refractivity contribution in [3.05, 3.63) is 41.9 Å². The van der Waals surface area contributed by atoms with Gasteiger partial charge in [0, 0.05) is 5.56 Å². The summed E-state index contributed by atoms with van der Waals surface area (Å²) in [5.74, 6) is 0. The van der Waals surface area contributed by atoms with Crippen LogP contribution >= 0.6 is 11.3 Å². The first kappa shape index (κ1) is 12.2. The molecular formula is C12H8F3N3S. The van der Waals surface area contributed by atoms with Crippen LogP contribution in [-0.2, 0) is 6.18 Å². The zero-order valence-corrected chi connectivity index (χ0v) is 10.6. The van der Waals surface area contributed by atoms with E-state index in [1.54, 1.807) is 17.5 Å². The van der Waals surface area contributed by atoms with Crippen LogP contribution in [0.2, 0.25) is 0 Å². The topological polar surface area (TPSA) is 30.2 Å². The molecule has 2 heterocycles. The van der Waals surface area contributed by atoms with E-state index in [4.69, 9.17) is 0 Å². The first-order chi connectivity index (χ1) is 8.98. The summed E-state index contributed by atoms with van der Waals surface area (Å²) in [4.78, 5) is 5.14. The summed E-state index contributed by atoms with van der Waals surface area (Å²) in [5.41, 5.74) is 0.196. The Balaban J connectivity index is 2.27. The highest BCUT2D eigenvalue weighted by molar-refractivity contribution is 7.20. The van der Waals surface area contributed by atoms with Crippen LogP contribution in [-0.4, -0.2) is 14.6 Å². The van der Waals surface area contributed by atoms with Crippen molar-refractivity contribution in [3.63, 3.8) is 0 Å². The summed E-state index contributed by atoms with van der Waals surface area (Å²) < 4.78 is 40.6. The number of halogens is 3. The second-order valence-corrected chi connectivity index (χ2v) is 4.99. The molecule has 1 aromatic carbocycles. The molecule has 0 saturated heterocycles. The largest absolute Gasteiger partial charge is 0.417 e. The molecule has 0 amide bonds. The molecule has 3 nitrogen and oxygen atoms in total. The molecule has 0 radical (unpaired) electrons. The van der Waals surface area contributed by atoms with Gasteiger partial charge in [-0.2, -0.15) is 18.3 Å². The molecule has 0 atom stereocenters. The molecule has 0 aliphatic heterocycles. The summed E-state index contributed by atoms with van der Waals surface area (Å²) in [6, 6.07) is 5.55. The highest BCUT2D eigenvalue weighted by Crippen LogP contribution is 2.40. The number of alkyl halides is 3. The second kappa shape index (κ2) is 4.06. The quantitative estimate of drug-likeness (QED) is 0.680. The molecule has 0 unspecified atom stereocenters. The molecule has 0 fully saturated rings. The van der Waals surface area contributed by atoms with Crippen LogP contribution in [0.5, 0.6) is 0 Å². The number of fused-ring (bicyclic) bond motifs is 1. The van der Waals surface area contributed by atoms with Crippen LogP contribution in [0.1, 0.15) is 11.3 Å². The normalized spacial score (nSPS) is 12.2. The molecule has 0 spiro atoms. The smallest absolute Gasteiger partial charge is 0.208 e. The van der Waals surface area contributed by atoms with E-state index in [1.165, 1.54) is 29.8 Å². The predicted molar refractivity (Wildman–Crippen MR) is 66.0 cm³/mol. The third kappa shape index (κ3) is 1.90. The lowest BCUT2D eigenvalue weighted by atomic mass is 10.0. The molecule has 0 aliphatic carbocycles. The second-order valence-electron chi connectivity index (χ2n) is 4.01. The Kier molecular flexibility index (Phi) is 2.60. The fourth-order valence-corrected chi connectivity index (χ4v) is 3.05. The number of thiazole rings is 1. The standard InChI is InChI=1S/C12H8F3N3S/c1-7-10(19-11-16-6-17-18(7)11)8-4-2-3-5-9(8)12(13,14)15/h2-6H,1H3. The highest BCUT2D eigenvalue weighted by atomic mass is 32.1. The molecule has 19 heavy (non-hydrogen) atoms. The van der Waals surface area contributed by atoms with Crippen molar-refractivity contribution in [2.75, 3.05) is 0 Å². The van der Waals surface area contributed by atoms with E-state index in [2.05, 4.69) is 10.1 Å². The zero-order chi connectivity index (χ0) is 13.6. The van der Waals surface area contributed by atoms with Gasteiger partial charge >= 0.3 is 6.18 Å². The molecule has 7 heteroatoms. The van der Waals surface area contributed by atoms with Gasteiger partial charge in [0.1, 0.15) is 6.33 Å². The Bertz CT molecular complexity index is 742. The predicted octanol–water partition coefficient (Wildman–Crippen LogP) is 3.79. The zero-order valence-electron chi connectivity index (χ0n) is 9.77. The van der Waals surface area contributed by atoms with Crippen molar-refractivity contribution < 1.29 is 13.2 Å². The van der Waals surface area contributed by atoms with Crippen LogP contribution in [0.3, 0.4) is 0 Å². The van der Waals surface area contributed by atoms with Crippen molar-refractivity contribution in [1.82, 2.24) is 14.6 Å². The van der Waals surface area contributed by atoms with Gasteiger partial charge in [0.25, 0.3) is 0 Å². The van der Waals surface area contributed by atoms with Gasteiger partial charge in [-0.15, -0.1) is 0 Å². The SMILES string of the molecule is Cc1c(-c2ccccc2C(F)(F)F)sc2ncnn12. The van der Waals surface area contributed by atoms with E-state index in [9.17, 15) is 13.2 Å². The van der Waals surface area contributed by atoms with Crippen molar-refractivity contribution >= 4 is 16.3 Å². The van der Waals surface area contributed by atoms with Crippen molar-refractivity contribution in [2.24, 2.45) is 0 Å². The Morgan fingerprint density at radius 3 is 2.63 bits per heavy atom. The van der Waals surface area contributed by atoms with Gasteiger partial charge in [-0.05, 0) is 13.0 Å². The van der Waals surface area contributed by atoms with Gasteiger partial charge in [-0.3, -0.25) is 0 Å². The maximum absolute atomic E-state index is 13.0. The summed E-state index contributed by atoms with van der Waals surface area (Å²) in [7, 11) is 0. The Labute approximate surface area is 110 Å². The average molecular weight is 283 g/mol. The Hall–Kier alpha value is -1.89. The van der Waals surface area contributed by atoms with Gasteiger partial charge in [0.2, 0.25) is 4.96 Å². The number of nitrogens with zero attached hydrogens (tertiary/aromatic N) is 3. The van der Waals surface area contributed by atoms with E-state index in [-0.39, 0.29) is 5.56 Å². The molecular weight excluding hydrogens is 275 g/mol. The van der Waals surface area contributed by atoms with Gasteiger partial charge in [0.05, 0.1) is 16.1 Å². The molecule has 0 aliphatic rings. The highest BCUT2D eigenvalue weighted by Gasteiger charge is 2.34. The summed E-state index contributed by atoms with van der Waals surface area (Å²) >= 11 is 1.20. The first-order valence-electron chi connectivity index (χ1n) is 5.44. The van der Waals surface area contributed by atoms with Crippen LogP contribution in [0.15, 0.2) is 30.6 Å².